The van der Waals surface area contributed by atoms with E-state index in [1.54, 1.807) is 18.0 Å². The number of hydrogen-bond acceptors (Lipinski definition) is 5. The standard InChI is InChI=1S/C8H11N5S/c1-2-14-8-7-10-3-4-13(7)5-6(11-8)12-9/h3-5,12H,2,9H2,1H3. The van der Waals surface area contributed by atoms with Crippen LogP contribution in [0.15, 0.2) is 23.6 Å². The van der Waals surface area contributed by atoms with Gasteiger partial charge in [-0.2, -0.15) is 0 Å². The minimum absolute atomic E-state index is 0.645. The van der Waals surface area contributed by atoms with E-state index in [9.17, 15) is 0 Å². The Balaban J connectivity index is 2.58. The van der Waals surface area contributed by atoms with Crippen molar-refractivity contribution in [3.05, 3.63) is 18.6 Å². The predicted octanol–water partition coefficient (Wildman–Crippen LogP) is 1.13. The molecular formula is C8H11N5S. The van der Waals surface area contributed by atoms with E-state index in [-0.39, 0.29) is 0 Å². The number of fused-ring (bicyclic) bond motifs is 1. The first kappa shape index (κ1) is 9.29. The fourth-order valence-electron chi connectivity index (χ4n) is 1.21. The molecule has 3 N–H and O–H groups in total. The normalized spacial score (nSPS) is 10.7. The number of nitrogen functional groups attached to an aromatic ring is 1. The Morgan fingerprint density at radius 1 is 1.64 bits per heavy atom. The van der Waals surface area contributed by atoms with Crippen LogP contribution in [-0.2, 0) is 0 Å². The molecule has 2 aromatic heterocycles. The third-order valence-electron chi connectivity index (χ3n) is 1.77. The molecule has 5 nitrogen and oxygen atoms in total. The average molecular weight is 209 g/mol. The molecular weight excluding hydrogens is 198 g/mol. The summed E-state index contributed by atoms with van der Waals surface area (Å²) < 4.78 is 1.90. The largest absolute Gasteiger partial charge is 0.307 e. The third-order valence-corrected chi connectivity index (χ3v) is 2.61. The molecule has 2 aromatic rings. The van der Waals surface area contributed by atoms with Crippen LogP contribution in [0.4, 0.5) is 5.82 Å². The fourth-order valence-corrected chi connectivity index (χ4v) is 1.93. The smallest absolute Gasteiger partial charge is 0.169 e. The molecule has 0 aromatic carbocycles. The Hall–Kier alpha value is -1.27. The van der Waals surface area contributed by atoms with Gasteiger partial charge in [-0.15, -0.1) is 11.8 Å². The first-order chi connectivity index (χ1) is 6.85. The summed E-state index contributed by atoms with van der Waals surface area (Å²) in [4.78, 5) is 8.55. The second-order valence-electron chi connectivity index (χ2n) is 2.67. The van der Waals surface area contributed by atoms with Gasteiger partial charge in [0.15, 0.2) is 11.5 Å². The number of hydrazine groups is 1. The lowest BCUT2D eigenvalue weighted by Crippen LogP contribution is -2.10. The maximum Gasteiger partial charge on any atom is 0.169 e. The number of rotatable bonds is 3. The van der Waals surface area contributed by atoms with Crippen molar-refractivity contribution in [1.82, 2.24) is 14.4 Å². The molecule has 0 bridgehead atoms. The van der Waals surface area contributed by atoms with E-state index in [1.807, 2.05) is 16.8 Å². The molecule has 0 spiro atoms. The zero-order chi connectivity index (χ0) is 9.97. The molecule has 2 rings (SSSR count). The van der Waals surface area contributed by atoms with Gasteiger partial charge in [0, 0.05) is 12.4 Å². The zero-order valence-corrected chi connectivity index (χ0v) is 8.58. The number of thioether (sulfide) groups is 1. The molecule has 0 amide bonds. The molecule has 2 heterocycles. The second kappa shape index (κ2) is 3.85. The van der Waals surface area contributed by atoms with Crippen LogP contribution in [0.1, 0.15) is 6.92 Å². The molecule has 0 aliphatic carbocycles. The lowest BCUT2D eigenvalue weighted by molar-refractivity contribution is 1.02. The molecule has 0 unspecified atom stereocenters. The minimum atomic E-state index is 0.645. The van der Waals surface area contributed by atoms with E-state index >= 15 is 0 Å². The van der Waals surface area contributed by atoms with Gasteiger partial charge in [0.2, 0.25) is 0 Å². The quantitative estimate of drug-likeness (QED) is 0.450. The Bertz CT molecular complexity index is 438. The van der Waals surface area contributed by atoms with Gasteiger partial charge in [-0.25, -0.2) is 15.8 Å². The van der Waals surface area contributed by atoms with Crippen molar-refractivity contribution < 1.29 is 0 Å². The van der Waals surface area contributed by atoms with Crippen molar-refractivity contribution >= 4 is 23.2 Å². The van der Waals surface area contributed by atoms with Crippen LogP contribution in [0, 0.1) is 0 Å². The van der Waals surface area contributed by atoms with E-state index in [2.05, 4.69) is 22.3 Å². The number of aromatic nitrogens is 3. The van der Waals surface area contributed by atoms with E-state index in [0.29, 0.717) is 5.82 Å². The third kappa shape index (κ3) is 1.53. The number of nitrogens with one attached hydrogen (secondary N) is 1. The Labute approximate surface area is 85.7 Å². The summed E-state index contributed by atoms with van der Waals surface area (Å²) in [6.07, 6.45) is 5.43. The number of nitrogens with two attached hydrogens (primary N) is 1. The van der Waals surface area contributed by atoms with Gasteiger partial charge in [-0.1, -0.05) is 6.92 Å². The van der Waals surface area contributed by atoms with E-state index in [0.717, 1.165) is 16.4 Å². The topological polar surface area (TPSA) is 68.2 Å². The van der Waals surface area contributed by atoms with Crippen molar-refractivity contribution in [2.45, 2.75) is 11.9 Å². The van der Waals surface area contributed by atoms with Gasteiger partial charge < -0.3 is 9.83 Å². The van der Waals surface area contributed by atoms with Crippen molar-refractivity contribution in [2.75, 3.05) is 11.2 Å². The summed E-state index contributed by atoms with van der Waals surface area (Å²) in [5, 5.41) is 0.896. The highest BCUT2D eigenvalue weighted by Gasteiger charge is 2.06. The molecule has 0 aliphatic rings. The first-order valence-electron chi connectivity index (χ1n) is 4.28. The number of imidazole rings is 1. The van der Waals surface area contributed by atoms with Gasteiger partial charge >= 0.3 is 0 Å². The maximum atomic E-state index is 5.32. The van der Waals surface area contributed by atoms with Crippen molar-refractivity contribution in [1.29, 1.82) is 0 Å². The lowest BCUT2D eigenvalue weighted by atomic mass is 10.6. The van der Waals surface area contributed by atoms with Crippen LogP contribution in [0.2, 0.25) is 0 Å². The molecule has 0 aliphatic heterocycles. The monoisotopic (exact) mass is 209 g/mol. The summed E-state index contributed by atoms with van der Waals surface area (Å²) in [7, 11) is 0. The van der Waals surface area contributed by atoms with Crippen LogP contribution < -0.4 is 11.3 Å². The van der Waals surface area contributed by atoms with E-state index in [4.69, 9.17) is 5.84 Å². The highest BCUT2D eigenvalue weighted by Crippen LogP contribution is 2.21. The summed E-state index contributed by atoms with van der Waals surface area (Å²) in [5.41, 5.74) is 3.41. The highest BCUT2D eigenvalue weighted by atomic mass is 32.2. The maximum absolute atomic E-state index is 5.32. The minimum Gasteiger partial charge on any atom is -0.307 e. The summed E-state index contributed by atoms with van der Waals surface area (Å²) in [6.45, 7) is 2.08. The molecule has 6 heteroatoms. The molecule has 14 heavy (non-hydrogen) atoms. The van der Waals surface area contributed by atoms with E-state index in [1.165, 1.54) is 0 Å². The highest BCUT2D eigenvalue weighted by molar-refractivity contribution is 7.99. The summed E-state index contributed by atoms with van der Waals surface area (Å²) in [6, 6.07) is 0. The van der Waals surface area contributed by atoms with Gasteiger partial charge in [0.05, 0.1) is 6.20 Å². The molecule has 74 valence electrons. The SMILES string of the molecule is CCSc1nc(NN)cn2ccnc12. The predicted molar refractivity (Wildman–Crippen MR) is 57.2 cm³/mol. The molecule has 0 radical (unpaired) electrons. The Kier molecular flexibility index (Phi) is 2.55. The van der Waals surface area contributed by atoms with Crippen molar-refractivity contribution in [3.8, 4) is 0 Å². The number of nitrogens with zero attached hydrogens (tertiary/aromatic N) is 3. The number of hydrogen-bond donors (Lipinski definition) is 2. The van der Waals surface area contributed by atoms with Crippen LogP contribution in [0.3, 0.4) is 0 Å². The summed E-state index contributed by atoms with van der Waals surface area (Å²) in [5.74, 6) is 6.93. The zero-order valence-electron chi connectivity index (χ0n) is 7.77. The molecule has 0 saturated heterocycles. The number of anilines is 1. The summed E-state index contributed by atoms with van der Waals surface area (Å²) >= 11 is 1.65. The van der Waals surface area contributed by atoms with Gasteiger partial charge in [-0.3, -0.25) is 0 Å². The second-order valence-corrected chi connectivity index (χ2v) is 3.92. The fraction of sp³-hybridized carbons (Fsp3) is 0.250. The van der Waals surface area contributed by atoms with E-state index < -0.39 is 0 Å². The first-order valence-corrected chi connectivity index (χ1v) is 5.27. The van der Waals surface area contributed by atoms with Crippen molar-refractivity contribution in [2.24, 2.45) is 5.84 Å². The molecule has 0 atom stereocenters. The Morgan fingerprint density at radius 3 is 3.21 bits per heavy atom. The Morgan fingerprint density at radius 2 is 2.50 bits per heavy atom. The van der Waals surface area contributed by atoms with Gasteiger partial charge in [-0.05, 0) is 5.75 Å². The molecule has 0 fully saturated rings. The van der Waals surface area contributed by atoms with Crippen LogP contribution in [0.25, 0.3) is 5.65 Å². The van der Waals surface area contributed by atoms with Crippen molar-refractivity contribution in [3.63, 3.8) is 0 Å². The van der Waals surface area contributed by atoms with Crippen LogP contribution in [0.5, 0.6) is 0 Å². The lowest BCUT2D eigenvalue weighted by Gasteiger charge is -2.04. The average Bonchev–Trinajstić information content (AvgIpc) is 2.66. The van der Waals surface area contributed by atoms with Crippen LogP contribution >= 0.6 is 11.8 Å². The van der Waals surface area contributed by atoms with Gasteiger partial charge in [0.1, 0.15) is 5.03 Å². The molecule has 0 saturated carbocycles. The van der Waals surface area contributed by atoms with Gasteiger partial charge in [0.25, 0.3) is 0 Å². The van der Waals surface area contributed by atoms with Crippen LogP contribution in [-0.4, -0.2) is 20.1 Å².